The van der Waals surface area contributed by atoms with E-state index in [-0.39, 0.29) is 0 Å². The molecule has 0 amide bonds. The third-order valence-corrected chi connectivity index (χ3v) is 20.4. The molecular weight excluding hydrogens is 241 g/mol. The quantitative estimate of drug-likeness (QED) is 0.602. The van der Waals surface area contributed by atoms with Crippen LogP contribution in [0.4, 0.5) is 0 Å². The van der Waals surface area contributed by atoms with Gasteiger partial charge in [0.2, 0.25) is 0 Å². The molecule has 0 saturated heterocycles. The van der Waals surface area contributed by atoms with Crippen molar-refractivity contribution in [3.63, 3.8) is 0 Å². The molecule has 1 heteroatoms. The van der Waals surface area contributed by atoms with Gasteiger partial charge in [0.25, 0.3) is 0 Å². The summed E-state index contributed by atoms with van der Waals surface area (Å²) in [6, 6.07) is 0. The van der Waals surface area contributed by atoms with E-state index >= 15 is 0 Å². The Bertz CT molecular complexity index is 166. The molecule has 2 fully saturated rings. The monoisotopic (exact) mass is 270 g/mol. The van der Waals surface area contributed by atoms with Gasteiger partial charge >= 0.3 is 98.5 Å². The molecule has 0 aromatic rings. The molecule has 0 heterocycles. The normalized spacial score (nSPS) is 25.2. The first-order valence-corrected chi connectivity index (χ1v) is 12.7. The number of hydrogen-bond donors (Lipinski definition) is 0. The molecule has 15 heavy (non-hydrogen) atoms. The van der Waals surface area contributed by atoms with Gasteiger partial charge in [0, 0.05) is 0 Å². The summed E-state index contributed by atoms with van der Waals surface area (Å²) in [4.78, 5) is 0. The van der Waals surface area contributed by atoms with Crippen LogP contribution in [0.1, 0.15) is 65.2 Å². The van der Waals surface area contributed by atoms with E-state index in [0.29, 0.717) is 0 Å². The van der Waals surface area contributed by atoms with E-state index in [9.17, 15) is 0 Å². The molecule has 2 rings (SSSR count). The van der Waals surface area contributed by atoms with Crippen molar-refractivity contribution >= 4 is 13.3 Å². The van der Waals surface area contributed by atoms with E-state index in [1.807, 2.05) is 0 Å². The van der Waals surface area contributed by atoms with E-state index in [4.69, 9.17) is 0 Å². The van der Waals surface area contributed by atoms with Crippen molar-refractivity contribution in [1.29, 1.82) is 0 Å². The van der Waals surface area contributed by atoms with Gasteiger partial charge in [-0.1, -0.05) is 0 Å². The summed E-state index contributed by atoms with van der Waals surface area (Å²) in [7, 11) is 0. The predicted octanol–water partition coefficient (Wildman–Crippen LogP) is 5.36. The van der Waals surface area contributed by atoms with Crippen LogP contribution >= 0.6 is 0 Å². The van der Waals surface area contributed by atoms with Gasteiger partial charge < -0.3 is 0 Å². The average Bonchev–Trinajstić information content (AvgIpc) is 2.92. The van der Waals surface area contributed by atoms with E-state index in [1.54, 1.807) is 61.9 Å². The molecular formula is C14H28Ge. The number of hydrogen-bond acceptors (Lipinski definition) is 0. The zero-order chi connectivity index (χ0) is 10.7. The Kier molecular flexibility index (Phi) is 4.20. The molecule has 88 valence electrons. The van der Waals surface area contributed by atoms with Crippen LogP contribution in [0.5, 0.6) is 0 Å². The summed E-state index contributed by atoms with van der Waals surface area (Å²) in [5.41, 5.74) is 0. The van der Waals surface area contributed by atoms with Crippen LogP contribution in [0.3, 0.4) is 0 Å². The van der Waals surface area contributed by atoms with Gasteiger partial charge in [0.1, 0.15) is 0 Å². The second kappa shape index (κ2) is 5.25. The molecule has 2 aliphatic rings. The first-order valence-electron chi connectivity index (χ1n) is 7.33. The van der Waals surface area contributed by atoms with Crippen LogP contribution in [-0.2, 0) is 0 Å². The second-order valence-electron chi connectivity index (χ2n) is 5.90. The molecule has 0 aliphatic heterocycles. The van der Waals surface area contributed by atoms with Crippen molar-refractivity contribution in [2.45, 2.75) is 85.2 Å². The van der Waals surface area contributed by atoms with Gasteiger partial charge in [0.15, 0.2) is 0 Å². The van der Waals surface area contributed by atoms with Gasteiger partial charge in [-0.15, -0.1) is 0 Å². The van der Waals surface area contributed by atoms with Crippen LogP contribution in [-0.4, -0.2) is 13.3 Å². The summed E-state index contributed by atoms with van der Waals surface area (Å²) in [5, 5.41) is 3.26. The maximum atomic E-state index is 2.54. The summed E-state index contributed by atoms with van der Waals surface area (Å²) < 4.78 is 2.53. The maximum absolute atomic E-state index is 2.54. The Balaban J connectivity index is 2.13. The first-order chi connectivity index (χ1) is 7.33. The van der Waals surface area contributed by atoms with Crippen molar-refractivity contribution in [2.24, 2.45) is 0 Å². The predicted molar refractivity (Wildman–Crippen MR) is 71.2 cm³/mol. The zero-order valence-electron chi connectivity index (χ0n) is 10.7. The molecule has 0 radical (unpaired) electrons. The van der Waals surface area contributed by atoms with E-state index in [0.717, 1.165) is 0 Å². The average molecular weight is 269 g/mol. The summed E-state index contributed by atoms with van der Waals surface area (Å²) in [5.74, 6) is 0. The van der Waals surface area contributed by atoms with Crippen LogP contribution in [0.15, 0.2) is 0 Å². The molecule has 0 N–H and O–H groups in total. The molecule has 0 nitrogen and oxygen atoms in total. The van der Waals surface area contributed by atoms with Gasteiger partial charge in [-0.2, -0.15) is 0 Å². The standard InChI is InChI=1S/C14H28Ge/c1-3-15(4-2,13-9-5-6-10-13)14-11-7-8-12-14/h13-14H,3-12H2,1-2H3. The molecule has 0 bridgehead atoms. The Morgan fingerprint density at radius 3 is 1.33 bits per heavy atom. The van der Waals surface area contributed by atoms with Gasteiger partial charge in [-0.05, 0) is 0 Å². The molecule has 2 saturated carbocycles. The molecule has 2 aliphatic carbocycles. The van der Waals surface area contributed by atoms with Gasteiger partial charge in [-0.3, -0.25) is 0 Å². The Hall–Kier alpha value is 0.543. The molecule has 0 atom stereocenters. The van der Waals surface area contributed by atoms with Gasteiger partial charge in [-0.25, -0.2) is 0 Å². The number of rotatable bonds is 4. The Morgan fingerprint density at radius 2 is 1.07 bits per heavy atom. The zero-order valence-corrected chi connectivity index (χ0v) is 12.8. The fraction of sp³-hybridized carbons (Fsp3) is 1.00. The Morgan fingerprint density at radius 1 is 0.733 bits per heavy atom. The summed E-state index contributed by atoms with van der Waals surface area (Å²) in [6.07, 6.45) is 12.7. The van der Waals surface area contributed by atoms with E-state index in [1.165, 1.54) is 9.50 Å². The van der Waals surface area contributed by atoms with Crippen LogP contribution in [0, 0.1) is 0 Å². The summed E-state index contributed by atoms with van der Waals surface area (Å²) >= 11 is -1.44. The SMILES string of the molecule is C[CH2][Ge]([CH2]C)([CH]1CCCC1)[CH]1CCCC1. The van der Waals surface area contributed by atoms with Crippen molar-refractivity contribution in [3.8, 4) is 0 Å². The van der Waals surface area contributed by atoms with Crippen LogP contribution < -0.4 is 0 Å². The third-order valence-electron chi connectivity index (χ3n) is 5.65. The van der Waals surface area contributed by atoms with Crippen molar-refractivity contribution in [1.82, 2.24) is 0 Å². The molecule has 0 unspecified atom stereocenters. The second-order valence-corrected chi connectivity index (χ2v) is 17.5. The minimum atomic E-state index is -1.44. The van der Waals surface area contributed by atoms with E-state index < -0.39 is 13.3 Å². The van der Waals surface area contributed by atoms with Gasteiger partial charge in [0.05, 0.1) is 0 Å². The third kappa shape index (κ3) is 2.16. The van der Waals surface area contributed by atoms with E-state index in [2.05, 4.69) is 13.8 Å². The Labute approximate surface area is 98.6 Å². The molecule has 0 aromatic carbocycles. The minimum absolute atomic E-state index is 1.27. The molecule has 0 spiro atoms. The topological polar surface area (TPSA) is 0 Å². The molecule has 0 aromatic heterocycles. The fourth-order valence-electron chi connectivity index (χ4n) is 4.74. The van der Waals surface area contributed by atoms with Crippen LogP contribution in [0.2, 0.25) is 20.0 Å². The van der Waals surface area contributed by atoms with Crippen molar-refractivity contribution in [2.75, 3.05) is 0 Å². The van der Waals surface area contributed by atoms with Crippen LogP contribution in [0.25, 0.3) is 0 Å². The first kappa shape index (κ1) is 12.0. The fourth-order valence-corrected chi connectivity index (χ4v) is 18.6. The summed E-state index contributed by atoms with van der Waals surface area (Å²) in [6.45, 7) is 5.08. The van der Waals surface area contributed by atoms with Crippen molar-refractivity contribution in [3.05, 3.63) is 0 Å². The van der Waals surface area contributed by atoms with Crippen molar-refractivity contribution < 1.29 is 0 Å².